The van der Waals surface area contributed by atoms with Gasteiger partial charge in [0.25, 0.3) is 0 Å². The SMILES string of the molecule is O=C(NCCc1cc(F)cc2c1OCOC2)C1(c2cccc(Cl)c2)CCOCC1. The average Bonchev–Trinajstić information content (AvgIpc) is 2.74. The lowest BCUT2D eigenvalue weighted by Gasteiger charge is -2.36. The lowest BCUT2D eigenvalue weighted by molar-refractivity contribution is -0.130. The van der Waals surface area contributed by atoms with Gasteiger partial charge >= 0.3 is 0 Å². The molecule has 1 N–H and O–H groups in total. The van der Waals surface area contributed by atoms with Crippen molar-refractivity contribution < 1.29 is 23.4 Å². The van der Waals surface area contributed by atoms with E-state index in [4.69, 9.17) is 25.8 Å². The third kappa shape index (κ3) is 4.25. The summed E-state index contributed by atoms with van der Waals surface area (Å²) in [6.07, 6.45) is 1.65. The molecular weight excluding hydrogens is 397 g/mol. The average molecular weight is 420 g/mol. The van der Waals surface area contributed by atoms with E-state index in [1.165, 1.54) is 12.1 Å². The Morgan fingerprint density at radius 3 is 2.79 bits per heavy atom. The summed E-state index contributed by atoms with van der Waals surface area (Å²) in [5, 5.41) is 3.64. The molecule has 2 aliphatic heterocycles. The van der Waals surface area contributed by atoms with E-state index in [-0.39, 0.29) is 18.5 Å². The Bertz CT molecular complexity index is 898. The predicted octanol–water partition coefficient (Wildman–Crippen LogP) is 3.75. The van der Waals surface area contributed by atoms with Crippen LogP contribution in [0.4, 0.5) is 4.39 Å². The van der Waals surface area contributed by atoms with Crippen molar-refractivity contribution >= 4 is 17.5 Å². The Labute approximate surface area is 174 Å². The Morgan fingerprint density at radius 2 is 2.00 bits per heavy atom. The van der Waals surface area contributed by atoms with Crippen LogP contribution in [0.5, 0.6) is 5.75 Å². The number of ether oxygens (including phenoxy) is 3. The van der Waals surface area contributed by atoms with E-state index in [0.717, 1.165) is 11.1 Å². The van der Waals surface area contributed by atoms with Gasteiger partial charge in [-0.15, -0.1) is 0 Å². The van der Waals surface area contributed by atoms with E-state index in [0.29, 0.717) is 62.0 Å². The summed E-state index contributed by atoms with van der Waals surface area (Å²) in [6.45, 7) is 1.89. The van der Waals surface area contributed by atoms with E-state index in [1.54, 1.807) is 6.07 Å². The molecule has 7 heteroatoms. The van der Waals surface area contributed by atoms with Crippen molar-refractivity contribution in [3.63, 3.8) is 0 Å². The van der Waals surface area contributed by atoms with Crippen LogP contribution < -0.4 is 10.1 Å². The standard InChI is InChI=1S/C22H23ClFNO4/c23-18-3-1-2-17(12-18)22(5-8-27-9-6-22)21(26)25-7-4-15-10-19(24)11-16-13-28-14-29-20(15)16/h1-3,10-12H,4-9,13-14H2,(H,25,26). The highest BCUT2D eigenvalue weighted by molar-refractivity contribution is 6.30. The summed E-state index contributed by atoms with van der Waals surface area (Å²) < 4.78 is 30.2. The zero-order chi connectivity index (χ0) is 20.3. The molecule has 0 spiro atoms. The quantitative estimate of drug-likeness (QED) is 0.801. The molecule has 0 atom stereocenters. The summed E-state index contributed by atoms with van der Waals surface area (Å²) >= 11 is 6.17. The molecule has 1 amide bonds. The number of carbonyl (C=O) groups is 1. The molecule has 154 valence electrons. The van der Waals surface area contributed by atoms with Crippen LogP contribution in [-0.4, -0.2) is 32.5 Å². The Morgan fingerprint density at radius 1 is 1.17 bits per heavy atom. The predicted molar refractivity (Wildman–Crippen MR) is 107 cm³/mol. The number of benzene rings is 2. The number of hydrogen-bond donors (Lipinski definition) is 1. The molecule has 0 radical (unpaired) electrons. The molecule has 0 aliphatic carbocycles. The maximum Gasteiger partial charge on any atom is 0.230 e. The Hall–Kier alpha value is -2.15. The van der Waals surface area contributed by atoms with Crippen molar-refractivity contribution in [2.24, 2.45) is 0 Å². The van der Waals surface area contributed by atoms with Gasteiger partial charge in [0.2, 0.25) is 5.91 Å². The highest BCUT2D eigenvalue weighted by Gasteiger charge is 2.41. The normalized spacial score (nSPS) is 17.9. The van der Waals surface area contributed by atoms with Crippen LogP contribution in [0.1, 0.15) is 29.5 Å². The molecule has 0 aromatic heterocycles. The monoisotopic (exact) mass is 419 g/mol. The topological polar surface area (TPSA) is 56.8 Å². The van der Waals surface area contributed by atoms with Crippen molar-refractivity contribution in [2.75, 3.05) is 26.6 Å². The zero-order valence-electron chi connectivity index (χ0n) is 16.0. The third-order valence-electron chi connectivity index (χ3n) is 5.59. The van der Waals surface area contributed by atoms with Crippen LogP contribution >= 0.6 is 11.6 Å². The molecule has 1 saturated heterocycles. The fourth-order valence-corrected chi connectivity index (χ4v) is 4.27. The Balaban J connectivity index is 1.49. The van der Waals surface area contributed by atoms with Crippen molar-refractivity contribution in [1.82, 2.24) is 5.32 Å². The minimum Gasteiger partial charge on any atom is -0.467 e. The fraction of sp³-hybridized carbons (Fsp3) is 0.409. The van der Waals surface area contributed by atoms with Crippen LogP contribution in [0.25, 0.3) is 0 Å². The van der Waals surface area contributed by atoms with Crippen LogP contribution in [0.15, 0.2) is 36.4 Å². The molecule has 2 heterocycles. The highest BCUT2D eigenvalue weighted by atomic mass is 35.5. The molecule has 0 saturated carbocycles. The third-order valence-corrected chi connectivity index (χ3v) is 5.82. The van der Waals surface area contributed by atoms with E-state index in [1.807, 2.05) is 18.2 Å². The first-order valence-corrected chi connectivity index (χ1v) is 10.1. The molecule has 2 aromatic carbocycles. The van der Waals surface area contributed by atoms with Gasteiger partial charge in [-0.2, -0.15) is 0 Å². The molecule has 0 unspecified atom stereocenters. The fourth-order valence-electron chi connectivity index (χ4n) is 4.08. The van der Waals surface area contributed by atoms with Gasteiger partial charge in [0.15, 0.2) is 6.79 Å². The second-order valence-electron chi connectivity index (χ2n) is 7.37. The van der Waals surface area contributed by atoms with Gasteiger partial charge in [-0.1, -0.05) is 23.7 Å². The molecule has 0 bridgehead atoms. The maximum atomic E-state index is 13.9. The van der Waals surface area contributed by atoms with Gasteiger partial charge in [-0.05, 0) is 54.7 Å². The lowest BCUT2D eigenvalue weighted by atomic mass is 9.73. The molecule has 2 aromatic rings. The van der Waals surface area contributed by atoms with Crippen LogP contribution in [-0.2, 0) is 32.7 Å². The molecule has 5 nitrogen and oxygen atoms in total. The summed E-state index contributed by atoms with van der Waals surface area (Å²) in [5.74, 6) is 0.263. The Kier molecular flexibility index (Phi) is 6.04. The van der Waals surface area contributed by atoms with Crippen LogP contribution in [0.2, 0.25) is 5.02 Å². The number of hydrogen-bond acceptors (Lipinski definition) is 4. The van der Waals surface area contributed by atoms with Gasteiger partial charge in [-0.3, -0.25) is 4.79 Å². The number of carbonyl (C=O) groups excluding carboxylic acids is 1. The van der Waals surface area contributed by atoms with Gasteiger partial charge in [0.1, 0.15) is 11.6 Å². The minimum atomic E-state index is -0.672. The second kappa shape index (κ2) is 8.69. The minimum absolute atomic E-state index is 0.0578. The summed E-state index contributed by atoms with van der Waals surface area (Å²) in [5.41, 5.74) is 1.65. The highest BCUT2D eigenvalue weighted by Crippen LogP contribution is 2.36. The first-order chi connectivity index (χ1) is 14.1. The molecule has 1 fully saturated rings. The van der Waals surface area contributed by atoms with Gasteiger partial charge in [0, 0.05) is 30.3 Å². The van der Waals surface area contributed by atoms with E-state index >= 15 is 0 Å². The zero-order valence-corrected chi connectivity index (χ0v) is 16.8. The molecule has 29 heavy (non-hydrogen) atoms. The van der Waals surface area contributed by atoms with Gasteiger partial charge in [0.05, 0.1) is 12.0 Å². The van der Waals surface area contributed by atoms with Crippen LogP contribution in [0.3, 0.4) is 0 Å². The number of rotatable bonds is 5. The summed E-state index contributed by atoms with van der Waals surface area (Å²) in [6, 6.07) is 10.3. The van der Waals surface area contributed by atoms with Gasteiger partial charge < -0.3 is 19.5 Å². The second-order valence-corrected chi connectivity index (χ2v) is 7.81. The van der Waals surface area contributed by atoms with E-state index in [2.05, 4.69) is 5.32 Å². The van der Waals surface area contributed by atoms with Crippen molar-refractivity contribution in [1.29, 1.82) is 0 Å². The largest absolute Gasteiger partial charge is 0.467 e. The first-order valence-electron chi connectivity index (χ1n) is 9.72. The molecule has 4 rings (SSSR count). The number of fused-ring (bicyclic) bond motifs is 1. The lowest BCUT2D eigenvalue weighted by Crippen LogP contribution is -2.48. The molecule has 2 aliphatic rings. The number of amides is 1. The van der Waals surface area contributed by atoms with Crippen LogP contribution in [0, 0.1) is 5.82 Å². The van der Waals surface area contributed by atoms with Gasteiger partial charge in [-0.25, -0.2) is 4.39 Å². The van der Waals surface area contributed by atoms with Crippen molar-refractivity contribution in [2.45, 2.75) is 31.3 Å². The maximum absolute atomic E-state index is 13.9. The smallest absolute Gasteiger partial charge is 0.230 e. The first kappa shape index (κ1) is 20.1. The van der Waals surface area contributed by atoms with Crippen molar-refractivity contribution in [3.05, 3.63) is 63.9 Å². The van der Waals surface area contributed by atoms with Crippen molar-refractivity contribution in [3.8, 4) is 5.75 Å². The van der Waals surface area contributed by atoms with E-state index in [9.17, 15) is 9.18 Å². The summed E-state index contributed by atoms with van der Waals surface area (Å²) in [7, 11) is 0. The van der Waals surface area contributed by atoms with E-state index < -0.39 is 5.41 Å². The number of halogens is 2. The molecular formula is C22H23ClFNO4. The number of nitrogens with one attached hydrogen (secondary N) is 1. The summed E-state index contributed by atoms with van der Waals surface area (Å²) in [4.78, 5) is 13.2.